The molecule has 1 fully saturated rings. The van der Waals surface area contributed by atoms with Gasteiger partial charge in [0.05, 0.1) is 18.0 Å². The molecule has 0 spiro atoms. The third-order valence-corrected chi connectivity index (χ3v) is 4.43. The lowest BCUT2D eigenvalue weighted by Gasteiger charge is -2.26. The molecule has 6 nitrogen and oxygen atoms in total. The lowest BCUT2D eigenvalue weighted by molar-refractivity contribution is -0.142. The zero-order chi connectivity index (χ0) is 17.8. The molecule has 132 valence electrons. The molecule has 1 heterocycles. The molecule has 1 aromatic heterocycles. The van der Waals surface area contributed by atoms with Crippen LogP contribution >= 0.6 is 0 Å². The Hall–Kier alpha value is -2.70. The van der Waals surface area contributed by atoms with Crippen molar-refractivity contribution in [2.45, 2.75) is 38.1 Å². The molecule has 0 saturated heterocycles. The SMILES string of the molecule is O=C(Cc1coc(-c2ccc(F)cc2)n1)NC1CCC(C(=O)O)CC1. The maximum atomic E-state index is 12.9. The van der Waals surface area contributed by atoms with Crippen LogP contribution in [0.3, 0.4) is 0 Å². The number of rotatable bonds is 5. The summed E-state index contributed by atoms with van der Waals surface area (Å²) < 4.78 is 18.3. The molecule has 7 heteroatoms. The maximum absolute atomic E-state index is 12.9. The highest BCUT2D eigenvalue weighted by Crippen LogP contribution is 2.24. The van der Waals surface area contributed by atoms with Gasteiger partial charge in [-0.15, -0.1) is 0 Å². The van der Waals surface area contributed by atoms with Gasteiger partial charge in [-0.05, 0) is 49.9 Å². The minimum atomic E-state index is -0.763. The number of nitrogens with zero attached hydrogens (tertiary/aromatic N) is 1. The second-order valence-corrected chi connectivity index (χ2v) is 6.28. The Morgan fingerprint density at radius 2 is 1.88 bits per heavy atom. The first-order valence-corrected chi connectivity index (χ1v) is 8.24. The zero-order valence-corrected chi connectivity index (χ0v) is 13.6. The molecular weight excluding hydrogens is 327 g/mol. The minimum Gasteiger partial charge on any atom is -0.481 e. The van der Waals surface area contributed by atoms with Crippen LogP contribution in [0.4, 0.5) is 4.39 Å². The van der Waals surface area contributed by atoms with E-state index in [0.717, 1.165) is 0 Å². The lowest BCUT2D eigenvalue weighted by Crippen LogP contribution is -2.39. The van der Waals surface area contributed by atoms with Gasteiger partial charge in [0.25, 0.3) is 0 Å². The van der Waals surface area contributed by atoms with E-state index in [-0.39, 0.29) is 30.1 Å². The smallest absolute Gasteiger partial charge is 0.306 e. The van der Waals surface area contributed by atoms with Crippen molar-refractivity contribution in [1.82, 2.24) is 10.3 Å². The number of carbonyl (C=O) groups is 2. The largest absolute Gasteiger partial charge is 0.481 e. The predicted octanol–water partition coefficient (Wildman–Crippen LogP) is 2.78. The minimum absolute atomic E-state index is 0.00608. The third-order valence-electron chi connectivity index (χ3n) is 4.43. The fourth-order valence-electron chi connectivity index (χ4n) is 3.04. The van der Waals surface area contributed by atoms with Crippen LogP contribution in [0.15, 0.2) is 34.9 Å². The molecule has 3 rings (SSSR count). The standard InChI is InChI=1S/C18H19FN2O4/c19-13-5-1-11(2-6-13)17-21-15(10-25-17)9-16(22)20-14-7-3-12(4-8-14)18(23)24/h1-2,5-6,10,12,14H,3-4,7-9H2,(H,20,22)(H,23,24). The van der Waals surface area contributed by atoms with E-state index in [9.17, 15) is 14.0 Å². The molecule has 2 N–H and O–H groups in total. The van der Waals surface area contributed by atoms with Crippen molar-refractivity contribution in [2.24, 2.45) is 5.92 Å². The number of carbonyl (C=O) groups excluding carboxylic acids is 1. The van der Waals surface area contributed by atoms with Crippen LogP contribution in [-0.2, 0) is 16.0 Å². The van der Waals surface area contributed by atoms with Gasteiger partial charge < -0.3 is 14.8 Å². The Labute approximate surface area is 144 Å². The molecule has 0 unspecified atom stereocenters. The Morgan fingerprint density at radius 1 is 1.20 bits per heavy atom. The molecule has 0 bridgehead atoms. The van der Waals surface area contributed by atoms with E-state index in [2.05, 4.69) is 10.3 Å². The van der Waals surface area contributed by atoms with E-state index in [1.165, 1.54) is 18.4 Å². The second-order valence-electron chi connectivity index (χ2n) is 6.28. The van der Waals surface area contributed by atoms with E-state index in [4.69, 9.17) is 9.52 Å². The number of aliphatic carboxylic acids is 1. The third kappa shape index (κ3) is 4.43. The van der Waals surface area contributed by atoms with Gasteiger partial charge in [-0.25, -0.2) is 9.37 Å². The summed E-state index contributed by atoms with van der Waals surface area (Å²) in [6.45, 7) is 0. The van der Waals surface area contributed by atoms with Crippen molar-refractivity contribution >= 4 is 11.9 Å². The van der Waals surface area contributed by atoms with Gasteiger partial charge in [-0.3, -0.25) is 9.59 Å². The van der Waals surface area contributed by atoms with Crippen LogP contribution in [0.1, 0.15) is 31.4 Å². The molecule has 1 amide bonds. The molecule has 0 atom stereocenters. The Kier molecular flexibility index (Phi) is 5.11. The summed E-state index contributed by atoms with van der Waals surface area (Å²) in [4.78, 5) is 27.3. The summed E-state index contributed by atoms with van der Waals surface area (Å²) in [5, 5.41) is 11.9. The van der Waals surface area contributed by atoms with Crippen LogP contribution in [-0.4, -0.2) is 28.0 Å². The van der Waals surface area contributed by atoms with Gasteiger partial charge in [0.15, 0.2) is 0 Å². The van der Waals surface area contributed by atoms with Crippen LogP contribution < -0.4 is 5.32 Å². The van der Waals surface area contributed by atoms with Crippen molar-refractivity contribution in [1.29, 1.82) is 0 Å². The lowest BCUT2D eigenvalue weighted by atomic mass is 9.86. The van der Waals surface area contributed by atoms with E-state index in [1.54, 1.807) is 12.1 Å². The van der Waals surface area contributed by atoms with Crippen LogP contribution in [0, 0.1) is 11.7 Å². The van der Waals surface area contributed by atoms with E-state index >= 15 is 0 Å². The number of hydrogen-bond acceptors (Lipinski definition) is 4. The Morgan fingerprint density at radius 3 is 2.52 bits per heavy atom. The summed E-state index contributed by atoms with van der Waals surface area (Å²) in [6, 6.07) is 5.77. The average Bonchev–Trinajstić information content (AvgIpc) is 3.04. The number of amides is 1. The van der Waals surface area contributed by atoms with E-state index in [0.29, 0.717) is 42.8 Å². The molecule has 1 aliphatic carbocycles. The predicted molar refractivity (Wildman–Crippen MR) is 87.1 cm³/mol. The van der Waals surface area contributed by atoms with Gasteiger partial charge >= 0.3 is 5.97 Å². The van der Waals surface area contributed by atoms with Crippen molar-refractivity contribution in [3.8, 4) is 11.5 Å². The van der Waals surface area contributed by atoms with Crippen LogP contribution in [0.25, 0.3) is 11.5 Å². The highest BCUT2D eigenvalue weighted by molar-refractivity contribution is 5.78. The zero-order valence-electron chi connectivity index (χ0n) is 13.6. The fourth-order valence-corrected chi connectivity index (χ4v) is 3.04. The number of halogens is 1. The van der Waals surface area contributed by atoms with Crippen molar-refractivity contribution in [2.75, 3.05) is 0 Å². The monoisotopic (exact) mass is 346 g/mol. The molecule has 0 radical (unpaired) electrons. The summed E-state index contributed by atoms with van der Waals surface area (Å²) in [7, 11) is 0. The first-order chi connectivity index (χ1) is 12.0. The van der Waals surface area contributed by atoms with Crippen molar-refractivity contribution < 1.29 is 23.5 Å². The second kappa shape index (κ2) is 7.46. The highest BCUT2D eigenvalue weighted by Gasteiger charge is 2.26. The number of hydrogen-bond donors (Lipinski definition) is 2. The average molecular weight is 346 g/mol. The number of oxazole rings is 1. The molecule has 1 saturated carbocycles. The summed E-state index contributed by atoms with van der Waals surface area (Å²) >= 11 is 0. The number of nitrogens with one attached hydrogen (secondary N) is 1. The van der Waals surface area contributed by atoms with Gasteiger partial charge in [0.1, 0.15) is 12.1 Å². The Balaban J connectivity index is 1.52. The molecule has 0 aliphatic heterocycles. The quantitative estimate of drug-likeness (QED) is 0.868. The molecule has 1 aromatic carbocycles. The molecule has 2 aromatic rings. The number of carboxylic acid groups (broad SMARTS) is 1. The van der Waals surface area contributed by atoms with Gasteiger partial charge in [0.2, 0.25) is 11.8 Å². The Bertz CT molecular complexity index is 749. The first kappa shape index (κ1) is 17.1. The molecule has 25 heavy (non-hydrogen) atoms. The fraction of sp³-hybridized carbons (Fsp3) is 0.389. The number of benzene rings is 1. The summed E-state index contributed by atoms with van der Waals surface area (Å²) in [5.41, 5.74) is 1.14. The highest BCUT2D eigenvalue weighted by atomic mass is 19.1. The summed E-state index contributed by atoms with van der Waals surface area (Å²) in [6.07, 6.45) is 4.01. The van der Waals surface area contributed by atoms with Crippen molar-refractivity contribution in [3.63, 3.8) is 0 Å². The van der Waals surface area contributed by atoms with Gasteiger partial charge in [0, 0.05) is 11.6 Å². The maximum Gasteiger partial charge on any atom is 0.306 e. The molecule has 1 aliphatic rings. The van der Waals surface area contributed by atoms with Crippen molar-refractivity contribution in [3.05, 3.63) is 42.0 Å². The van der Waals surface area contributed by atoms with Gasteiger partial charge in [-0.1, -0.05) is 0 Å². The first-order valence-electron chi connectivity index (χ1n) is 8.24. The molecular formula is C18H19FN2O4. The number of aromatic nitrogens is 1. The number of carboxylic acids is 1. The van der Waals surface area contributed by atoms with E-state index in [1.807, 2.05) is 0 Å². The van der Waals surface area contributed by atoms with Crippen LogP contribution in [0.5, 0.6) is 0 Å². The van der Waals surface area contributed by atoms with Crippen LogP contribution in [0.2, 0.25) is 0 Å². The van der Waals surface area contributed by atoms with E-state index < -0.39 is 5.97 Å². The van der Waals surface area contributed by atoms with Gasteiger partial charge in [-0.2, -0.15) is 0 Å². The summed E-state index contributed by atoms with van der Waals surface area (Å²) in [5.74, 6) is -1.24. The topological polar surface area (TPSA) is 92.4 Å². The normalized spacial score (nSPS) is 20.2.